The third-order valence-corrected chi connectivity index (χ3v) is 5.64. The van der Waals surface area contributed by atoms with E-state index in [0.717, 1.165) is 22.4 Å². The van der Waals surface area contributed by atoms with Crippen molar-refractivity contribution in [2.45, 2.75) is 33.3 Å². The van der Waals surface area contributed by atoms with Crippen LogP contribution in [0.5, 0.6) is 17.2 Å². The van der Waals surface area contributed by atoms with E-state index in [1.807, 2.05) is 57.2 Å². The van der Waals surface area contributed by atoms with Crippen LogP contribution in [0, 0.1) is 20.8 Å². The van der Waals surface area contributed by atoms with Crippen LogP contribution in [0.15, 0.2) is 54.6 Å². The minimum absolute atomic E-state index is 0.103. The van der Waals surface area contributed by atoms with Gasteiger partial charge in [0.1, 0.15) is 19.0 Å². The normalized spacial score (nSPS) is 14.4. The van der Waals surface area contributed by atoms with Gasteiger partial charge in [-0.15, -0.1) is 0 Å². The van der Waals surface area contributed by atoms with Crippen molar-refractivity contribution in [3.63, 3.8) is 0 Å². The number of amides is 1. The third-order valence-electron chi connectivity index (χ3n) is 5.64. The van der Waals surface area contributed by atoms with Crippen molar-refractivity contribution in [1.82, 2.24) is 0 Å². The molecule has 1 aliphatic rings. The molecule has 1 atom stereocenters. The average Bonchev–Trinajstić information content (AvgIpc) is 2.79. The zero-order valence-corrected chi connectivity index (χ0v) is 19.4. The van der Waals surface area contributed by atoms with E-state index in [-0.39, 0.29) is 18.4 Å². The predicted molar refractivity (Wildman–Crippen MR) is 128 cm³/mol. The Morgan fingerprint density at radius 2 is 1.71 bits per heavy atom. The van der Waals surface area contributed by atoms with Gasteiger partial charge < -0.3 is 24.6 Å². The number of carbonyl (C=O) groups is 2. The Bertz CT molecular complexity index is 1210. The van der Waals surface area contributed by atoms with Crippen molar-refractivity contribution in [1.29, 1.82) is 0 Å². The van der Waals surface area contributed by atoms with Crippen LogP contribution >= 0.6 is 0 Å². The third kappa shape index (κ3) is 5.31. The molecule has 0 bridgehead atoms. The number of hydrogen-bond donors (Lipinski definition) is 2. The van der Waals surface area contributed by atoms with Gasteiger partial charge >= 0.3 is 5.97 Å². The van der Waals surface area contributed by atoms with E-state index in [4.69, 9.17) is 19.3 Å². The quantitative estimate of drug-likeness (QED) is 0.529. The molecule has 7 heteroatoms. The second-order valence-electron chi connectivity index (χ2n) is 8.41. The highest BCUT2D eigenvalue weighted by molar-refractivity contribution is 6.06. The molecule has 2 N–H and O–H groups in total. The first-order valence-corrected chi connectivity index (χ1v) is 11.1. The second-order valence-corrected chi connectivity index (χ2v) is 8.41. The molecule has 7 nitrogen and oxygen atoms in total. The Labute approximate surface area is 198 Å². The molecule has 0 radical (unpaired) electrons. The topological polar surface area (TPSA) is 94.1 Å². The number of anilines is 1. The Balaban J connectivity index is 1.43. The predicted octanol–water partition coefficient (Wildman–Crippen LogP) is 4.71. The maximum Gasteiger partial charge on any atom is 0.307 e. The Kier molecular flexibility index (Phi) is 6.72. The fraction of sp³-hybridized carbons (Fsp3) is 0.259. The van der Waals surface area contributed by atoms with Crippen molar-refractivity contribution in [3.8, 4) is 17.2 Å². The van der Waals surface area contributed by atoms with E-state index in [0.29, 0.717) is 41.5 Å². The van der Waals surface area contributed by atoms with Crippen LogP contribution in [-0.2, 0) is 11.2 Å². The summed E-state index contributed by atoms with van der Waals surface area (Å²) in [6, 6.07) is 16.4. The highest BCUT2D eigenvalue weighted by atomic mass is 16.6. The lowest BCUT2D eigenvalue weighted by Crippen LogP contribution is -2.34. The van der Waals surface area contributed by atoms with Gasteiger partial charge in [-0.1, -0.05) is 24.3 Å². The Hall–Kier alpha value is -4.00. The van der Waals surface area contributed by atoms with Gasteiger partial charge in [-0.05, 0) is 73.4 Å². The molecule has 176 valence electrons. The molecule has 1 heterocycles. The molecule has 1 aliphatic heterocycles. The van der Waals surface area contributed by atoms with Gasteiger partial charge in [0.05, 0.1) is 6.42 Å². The minimum atomic E-state index is -0.919. The highest BCUT2D eigenvalue weighted by Crippen LogP contribution is 2.31. The van der Waals surface area contributed by atoms with E-state index in [1.165, 1.54) is 0 Å². The number of fused-ring (bicyclic) bond motifs is 1. The van der Waals surface area contributed by atoms with Gasteiger partial charge in [-0.2, -0.15) is 0 Å². The van der Waals surface area contributed by atoms with Gasteiger partial charge in [0.25, 0.3) is 5.91 Å². The van der Waals surface area contributed by atoms with Gasteiger partial charge in [-0.25, -0.2) is 0 Å². The van der Waals surface area contributed by atoms with Crippen molar-refractivity contribution < 1.29 is 28.9 Å². The zero-order valence-electron chi connectivity index (χ0n) is 19.4. The van der Waals surface area contributed by atoms with Crippen molar-refractivity contribution in [2.24, 2.45) is 0 Å². The summed E-state index contributed by atoms with van der Waals surface area (Å²) in [5, 5.41) is 12.0. The first-order valence-electron chi connectivity index (χ1n) is 11.1. The molecule has 0 aromatic heterocycles. The maximum atomic E-state index is 13.1. The summed E-state index contributed by atoms with van der Waals surface area (Å²) in [6.07, 6.45) is -0.339. The fourth-order valence-corrected chi connectivity index (χ4v) is 3.97. The average molecular weight is 462 g/mol. The number of rotatable bonds is 7. The van der Waals surface area contributed by atoms with Gasteiger partial charge in [0.15, 0.2) is 17.6 Å². The van der Waals surface area contributed by atoms with Crippen LogP contribution in [0.25, 0.3) is 0 Å². The molecule has 3 aromatic carbocycles. The second kappa shape index (κ2) is 9.87. The number of benzene rings is 3. The summed E-state index contributed by atoms with van der Waals surface area (Å²) in [7, 11) is 0. The van der Waals surface area contributed by atoms with E-state index in [9.17, 15) is 9.59 Å². The van der Waals surface area contributed by atoms with Crippen LogP contribution < -0.4 is 19.5 Å². The lowest BCUT2D eigenvalue weighted by Gasteiger charge is -2.26. The molecule has 3 aromatic rings. The minimum Gasteiger partial charge on any atom is -0.490 e. The Morgan fingerprint density at radius 3 is 2.41 bits per heavy atom. The lowest BCUT2D eigenvalue weighted by atomic mass is 10.0. The summed E-state index contributed by atoms with van der Waals surface area (Å²) in [6.45, 7) is 6.30. The molecule has 0 saturated heterocycles. The van der Waals surface area contributed by atoms with Crippen LogP contribution in [0.4, 0.5) is 5.69 Å². The molecule has 0 unspecified atom stereocenters. The standard InChI is InChI=1S/C27H27NO6/c1-16-8-9-19(13-25(29)30)12-22(16)28-27(31)26-17(2)10-20(11-18(26)3)32-14-21-15-33-23-6-4-5-7-24(23)34-21/h4-12,21H,13-15H2,1-3H3,(H,28,31)(H,29,30)/t21-/m1/s1. The SMILES string of the molecule is Cc1ccc(CC(=O)O)cc1NC(=O)c1c(C)cc(OC[C@@H]2COc3ccccc3O2)cc1C. The Morgan fingerprint density at radius 1 is 1.00 bits per heavy atom. The molecule has 1 amide bonds. The number of carbonyl (C=O) groups excluding carboxylic acids is 1. The molecule has 34 heavy (non-hydrogen) atoms. The first-order chi connectivity index (χ1) is 16.3. The number of aliphatic carboxylic acids is 1. The first kappa shape index (κ1) is 23.2. The molecule has 0 spiro atoms. The fourth-order valence-electron chi connectivity index (χ4n) is 3.97. The van der Waals surface area contributed by atoms with Gasteiger partial charge in [0, 0.05) is 11.3 Å². The molecule has 4 rings (SSSR count). The number of carboxylic acid groups (broad SMARTS) is 1. The summed E-state index contributed by atoms with van der Waals surface area (Å²) in [5.74, 6) is 0.901. The summed E-state index contributed by atoms with van der Waals surface area (Å²) < 4.78 is 17.6. The molecule has 0 saturated carbocycles. The maximum absolute atomic E-state index is 13.1. The highest BCUT2D eigenvalue weighted by Gasteiger charge is 2.22. The number of para-hydroxylation sites is 2. The molecule has 0 fully saturated rings. The summed E-state index contributed by atoms with van der Waals surface area (Å²) >= 11 is 0. The van der Waals surface area contributed by atoms with Gasteiger partial charge in [0.2, 0.25) is 0 Å². The zero-order chi connectivity index (χ0) is 24.2. The van der Waals surface area contributed by atoms with Crippen molar-refractivity contribution >= 4 is 17.6 Å². The van der Waals surface area contributed by atoms with Gasteiger partial charge in [-0.3, -0.25) is 9.59 Å². The monoisotopic (exact) mass is 461 g/mol. The smallest absolute Gasteiger partial charge is 0.307 e. The van der Waals surface area contributed by atoms with E-state index in [1.54, 1.807) is 18.2 Å². The number of nitrogens with one attached hydrogen (secondary N) is 1. The largest absolute Gasteiger partial charge is 0.490 e. The van der Waals surface area contributed by atoms with E-state index < -0.39 is 5.97 Å². The molecular formula is C27H27NO6. The van der Waals surface area contributed by atoms with Crippen LogP contribution in [0.1, 0.15) is 32.6 Å². The van der Waals surface area contributed by atoms with E-state index >= 15 is 0 Å². The number of hydrogen-bond acceptors (Lipinski definition) is 5. The van der Waals surface area contributed by atoms with E-state index in [2.05, 4.69) is 5.32 Å². The lowest BCUT2D eigenvalue weighted by molar-refractivity contribution is -0.136. The summed E-state index contributed by atoms with van der Waals surface area (Å²) in [4.78, 5) is 24.1. The van der Waals surface area contributed by atoms with Crippen molar-refractivity contribution in [2.75, 3.05) is 18.5 Å². The van der Waals surface area contributed by atoms with Crippen LogP contribution in [-0.4, -0.2) is 36.3 Å². The number of aryl methyl sites for hydroxylation is 3. The summed E-state index contributed by atoms with van der Waals surface area (Å²) in [5.41, 5.74) is 4.19. The molecule has 0 aliphatic carbocycles. The van der Waals surface area contributed by atoms with Crippen LogP contribution in [0.2, 0.25) is 0 Å². The number of carboxylic acids is 1. The van der Waals surface area contributed by atoms with Crippen LogP contribution in [0.3, 0.4) is 0 Å². The van der Waals surface area contributed by atoms with Crippen molar-refractivity contribution in [3.05, 3.63) is 82.4 Å². The molecular weight excluding hydrogens is 434 g/mol. The number of ether oxygens (including phenoxy) is 3.